The number of aromatic nitrogens is 2. The number of alkyl halides is 3. The lowest BCUT2D eigenvalue weighted by Gasteiger charge is -2.15. The number of aryl methyl sites for hydroxylation is 1. The molecule has 0 amide bonds. The summed E-state index contributed by atoms with van der Waals surface area (Å²) in [5.74, 6) is 0.787. The third-order valence-corrected chi connectivity index (χ3v) is 5.32. The maximum atomic E-state index is 12.5. The predicted octanol–water partition coefficient (Wildman–Crippen LogP) is 6.08. The minimum absolute atomic E-state index is 0.252. The lowest BCUT2D eigenvalue weighted by atomic mass is 10.1. The molecule has 1 heterocycles. The van der Waals surface area contributed by atoms with Crippen LogP contribution in [0.4, 0.5) is 13.2 Å². The number of methoxy groups -OCH3 is 1. The zero-order chi connectivity index (χ0) is 25.4. The Kier molecular flexibility index (Phi) is 8.57. The van der Waals surface area contributed by atoms with Crippen LogP contribution in [0.3, 0.4) is 0 Å². The first-order valence-corrected chi connectivity index (χ1v) is 11.0. The topological polar surface area (TPSA) is 62.6 Å². The molecule has 0 bridgehead atoms. The highest BCUT2D eigenvalue weighted by Crippen LogP contribution is 2.28. The maximum Gasteiger partial charge on any atom is 0.573 e. The summed E-state index contributed by atoms with van der Waals surface area (Å²) in [4.78, 5) is 15.8. The number of carbonyl (C=O) groups excluding carboxylic acids is 1. The molecule has 186 valence electrons. The van der Waals surface area contributed by atoms with Gasteiger partial charge in [-0.25, -0.2) is 4.98 Å². The molecule has 6 nitrogen and oxygen atoms in total. The van der Waals surface area contributed by atoms with Crippen molar-refractivity contribution in [3.8, 4) is 22.9 Å². The number of benzene rings is 2. The van der Waals surface area contributed by atoms with Crippen molar-refractivity contribution in [2.75, 3.05) is 13.7 Å². The second-order valence-corrected chi connectivity index (χ2v) is 7.93. The normalized spacial score (nSPS) is 11.9. The van der Waals surface area contributed by atoms with Gasteiger partial charge in [-0.2, -0.15) is 0 Å². The Hall–Kier alpha value is -3.75. The van der Waals surface area contributed by atoms with E-state index in [0.717, 1.165) is 16.8 Å². The largest absolute Gasteiger partial charge is 0.573 e. The average molecular weight is 489 g/mol. The van der Waals surface area contributed by atoms with Crippen LogP contribution in [-0.2, 0) is 16.1 Å². The Morgan fingerprint density at radius 2 is 1.80 bits per heavy atom. The van der Waals surface area contributed by atoms with Gasteiger partial charge in [0, 0.05) is 29.4 Å². The van der Waals surface area contributed by atoms with Crippen molar-refractivity contribution in [3.05, 3.63) is 77.6 Å². The highest BCUT2D eigenvalue weighted by atomic mass is 19.4. The smallest absolute Gasteiger partial charge is 0.489 e. The van der Waals surface area contributed by atoms with Crippen molar-refractivity contribution < 1.29 is 32.2 Å². The molecule has 0 unspecified atom stereocenters. The molecule has 0 N–H and O–H groups in total. The van der Waals surface area contributed by atoms with Crippen LogP contribution < -0.4 is 9.47 Å². The van der Waals surface area contributed by atoms with E-state index in [1.165, 1.54) is 19.2 Å². The van der Waals surface area contributed by atoms with Gasteiger partial charge in [0.05, 0.1) is 13.7 Å². The van der Waals surface area contributed by atoms with Crippen LogP contribution in [0.2, 0.25) is 0 Å². The fraction of sp³-hybridized carbons (Fsp3) is 0.308. The third-order valence-electron chi connectivity index (χ3n) is 5.32. The van der Waals surface area contributed by atoms with Gasteiger partial charge in [0.15, 0.2) is 0 Å². The molecule has 0 spiro atoms. The Morgan fingerprint density at radius 1 is 1.09 bits per heavy atom. The molecule has 0 aliphatic carbocycles. The molecule has 9 heteroatoms. The summed E-state index contributed by atoms with van der Waals surface area (Å²) < 4.78 is 53.9. The van der Waals surface area contributed by atoms with E-state index in [-0.39, 0.29) is 11.7 Å². The van der Waals surface area contributed by atoms with E-state index in [1.54, 1.807) is 18.3 Å². The zero-order valence-electron chi connectivity index (χ0n) is 19.8. The van der Waals surface area contributed by atoms with Gasteiger partial charge in [0.2, 0.25) is 0 Å². The summed E-state index contributed by atoms with van der Waals surface area (Å²) in [6, 6.07) is 13.2. The molecule has 0 aliphatic heterocycles. The Morgan fingerprint density at radius 3 is 2.49 bits per heavy atom. The molecule has 3 aromatic rings. The molecule has 0 saturated heterocycles. The zero-order valence-corrected chi connectivity index (χ0v) is 19.8. The number of para-hydroxylation sites is 1. The molecule has 0 saturated carbocycles. The highest BCUT2D eigenvalue weighted by Gasteiger charge is 2.31. The van der Waals surface area contributed by atoms with E-state index in [1.807, 2.05) is 48.8 Å². The minimum Gasteiger partial charge on any atom is -0.489 e. The molecule has 2 aromatic carbocycles. The minimum atomic E-state index is -4.74. The van der Waals surface area contributed by atoms with E-state index in [4.69, 9.17) is 4.74 Å². The molecule has 0 fully saturated rings. The van der Waals surface area contributed by atoms with Crippen LogP contribution in [-0.4, -0.2) is 35.6 Å². The molecule has 35 heavy (non-hydrogen) atoms. The number of hydrogen-bond acceptors (Lipinski definition) is 5. The number of rotatable bonds is 10. The molecule has 3 rings (SSSR count). The standard InChI is InChI=1S/C26H27F3N2O4/c1-18(8-13-24(32)33-3)14-15-34-23-7-5-4-6-21(23)17-31-19(2)16-30-25(31)20-9-11-22(12-10-20)35-26(27,28)29/h4-7,9-12,14,16H,8,13,15,17H2,1-3H3. The van der Waals surface area contributed by atoms with Gasteiger partial charge >= 0.3 is 12.3 Å². The van der Waals surface area contributed by atoms with E-state index < -0.39 is 6.36 Å². The monoisotopic (exact) mass is 488 g/mol. The van der Waals surface area contributed by atoms with Crippen molar-refractivity contribution >= 4 is 5.97 Å². The highest BCUT2D eigenvalue weighted by molar-refractivity contribution is 5.69. The molecule has 0 aliphatic rings. The van der Waals surface area contributed by atoms with Gasteiger partial charge in [-0.15, -0.1) is 13.2 Å². The van der Waals surface area contributed by atoms with Crippen LogP contribution in [0.1, 0.15) is 31.0 Å². The third kappa shape index (κ3) is 7.63. The predicted molar refractivity (Wildman–Crippen MR) is 125 cm³/mol. The van der Waals surface area contributed by atoms with Gasteiger partial charge in [0.25, 0.3) is 0 Å². The second-order valence-electron chi connectivity index (χ2n) is 7.93. The van der Waals surface area contributed by atoms with Gasteiger partial charge in [-0.3, -0.25) is 4.79 Å². The van der Waals surface area contributed by atoms with Gasteiger partial charge in [0.1, 0.15) is 23.9 Å². The Labute approximate surface area is 202 Å². The first-order chi connectivity index (χ1) is 16.7. The summed E-state index contributed by atoms with van der Waals surface area (Å²) in [5, 5.41) is 0. The van der Waals surface area contributed by atoms with Crippen molar-refractivity contribution in [2.45, 2.75) is 39.6 Å². The summed E-state index contributed by atoms with van der Waals surface area (Å²) >= 11 is 0. The number of esters is 1. The number of hydrogen-bond donors (Lipinski definition) is 0. The van der Waals surface area contributed by atoms with Crippen molar-refractivity contribution in [1.29, 1.82) is 0 Å². The summed E-state index contributed by atoms with van der Waals surface area (Å²) in [6.07, 6.45) is -0.177. The quantitative estimate of drug-likeness (QED) is 0.256. The molecular formula is C26H27F3N2O4. The molecular weight excluding hydrogens is 461 g/mol. The summed E-state index contributed by atoms with van der Waals surface area (Å²) in [5.41, 5.74) is 3.50. The van der Waals surface area contributed by atoms with E-state index >= 15 is 0 Å². The number of carbonyl (C=O) groups is 1. The summed E-state index contributed by atoms with van der Waals surface area (Å²) in [6.45, 7) is 4.66. The molecule has 1 aromatic heterocycles. The number of allylic oxidation sites excluding steroid dienone is 1. The van der Waals surface area contributed by atoms with E-state index in [9.17, 15) is 18.0 Å². The second kappa shape index (κ2) is 11.6. The van der Waals surface area contributed by atoms with Crippen LogP contribution >= 0.6 is 0 Å². The maximum absolute atomic E-state index is 12.5. The molecule has 0 radical (unpaired) electrons. The fourth-order valence-corrected chi connectivity index (χ4v) is 3.42. The summed E-state index contributed by atoms with van der Waals surface area (Å²) in [7, 11) is 1.37. The number of imidazole rings is 1. The Bertz CT molecular complexity index is 1170. The van der Waals surface area contributed by atoms with Crippen LogP contribution in [0.25, 0.3) is 11.4 Å². The van der Waals surface area contributed by atoms with Crippen molar-refractivity contribution in [1.82, 2.24) is 9.55 Å². The number of ether oxygens (including phenoxy) is 3. The lowest BCUT2D eigenvalue weighted by Crippen LogP contribution is -2.17. The first-order valence-electron chi connectivity index (χ1n) is 11.0. The average Bonchev–Trinajstić information content (AvgIpc) is 3.18. The van der Waals surface area contributed by atoms with Gasteiger partial charge < -0.3 is 18.8 Å². The first kappa shape index (κ1) is 25.9. The van der Waals surface area contributed by atoms with Gasteiger partial charge in [-0.1, -0.05) is 23.8 Å². The Balaban J connectivity index is 1.73. The lowest BCUT2D eigenvalue weighted by molar-refractivity contribution is -0.274. The van der Waals surface area contributed by atoms with Crippen molar-refractivity contribution in [2.24, 2.45) is 0 Å². The van der Waals surface area contributed by atoms with Crippen molar-refractivity contribution in [3.63, 3.8) is 0 Å². The molecule has 0 atom stereocenters. The number of halogens is 3. The fourth-order valence-electron chi connectivity index (χ4n) is 3.42. The number of nitrogens with zero attached hydrogens (tertiary/aromatic N) is 2. The van der Waals surface area contributed by atoms with Crippen LogP contribution in [0.15, 0.2) is 66.4 Å². The van der Waals surface area contributed by atoms with Crippen LogP contribution in [0, 0.1) is 6.92 Å². The van der Waals surface area contributed by atoms with E-state index in [0.29, 0.717) is 43.1 Å². The van der Waals surface area contributed by atoms with E-state index in [2.05, 4.69) is 14.5 Å². The SMILES string of the molecule is COC(=O)CCC(C)=CCOc1ccccc1Cn1c(C)cnc1-c1ccc(OC(F)(F)F)cc1. The van der Waals surface area contributed by atoms with Gasteiger partial charge in [-0.05, 0) is 56.7 Å². The van der Waals surface area contributed by atoms with Crippen LogP contribution in [0.5, 0.6) is 11.5 Å².